The lowest BCUT2D eigenvalue weighted by molar-refractivity contribution is -0.132. The number of benzene rings is 3. The maximum atomic E-state index is 13.4. The van der Waals surface area contributed by atoms with Gasteiger partial charge in [-0.25, -0.2) is 0 Å². The molecule has 4 rings (SSSR count). The number of aliphatic hydroxyl groups excluding tert-OH is 1. The van der Waals surface area contributed by atoms with E-state index in [0.717, 1.165) is 6.42 Å². The molecule has 1 heterocycles. The van der Waals surface area contributed by atoms with Crippen LogP contribution < -0.4 is 19.1 Å². The van der Waals surface area contributed by atoms with Crippen molar-refractivity contribution in [3.8, 4) is 17.2 Å². The van der Waals surface area contributed by atoms with Crippen LogP contribution in [0.5, 0.6) is 17.2 Å². The minimum absolute atomic E-state index is 0.00286. The van der Waals surface area contributed by atoms with E-state index in [-0.39, 0.29) is 17.4 Å². The minimum atomic E-state index is -0.848. The summed E-state index contributed by atoms with van der Waals surface area (Å²) in [6, 6.07) is 20.1. The van der Waals surface area contributed by atoms with E-state index in [4.69, 9.17) is 14.2 Å². The standard InChI is InChI=1S/C30H31NO6/c1-5-17-36-23-13-9-20(10-14-23)27-26(28(32)21-11-15-24(16-12-21)37-19(2)3)29(33)30(34)31(27)22-7-6-8-25(18-22)35-4/h6-16,18-19,27,32H,5,17H2,1-4H3/b28-26+. The lowest BCUT2D eigenvalue weighted by Gasteiger charge is -2.26. The zero-order chi connectivity index (χ0) is 26.5. The Morgan fingerprint density at radius 1 is 0.946 bits per heavy atom. The van der Waals surface area contributed by atoms with E-state index in [1.807, 2.05) is 32.9 Å². The molecule has 0 saturated carbocycles. The summed E-state index contributed by atoms with van der Waals surface area (Å²) in [6.45, 7) is 6.45. The third kappa shape index (κ3) is 5.45. The van der Waals surface area contributed by atoms with Crippen molar-refractivity contribution in [3.05, 3.63) is 89.5 Å². The van der Waals surface area contributed by atoms with Gasteiger partial charge in [-0.3, -0.25) is 14.5 Å². The van der Waals surface area contributed by atoms with Gasteiger partial charge in [-0.15, -0.1) is 0 Å². The molecule has 1 fully saturated rings. The fourth-order valence-corrected chi connectivity index (χ4v) is 4.26. The van der Waals surface area contributed by atoms with Gasteiger partial charge < -0.3 is 19.3 Å². The molecule has 3 aromatic rings. The lowest BCUT2D eigenvalue weighted by Crippen LogP contribution is -2.29. The van der Waals surface area contributed by atoms with Gasteiger partial charge in [0.1, 0.15) is 23.0 Å². The normalized spacial score (nSPS) is 16.8. The van der Waals surface area contributed by atoms with Gasteiger partial charge in [0, 0.05) is 17.3 Å². The van der Waals surface area contributed by atoms with Crippen molar-refractivity contribution >= 4 is 23.1 Å². The number of carbonyl (C=O) groups excluding carboxylic acids is 2. The van der Waals surface area contributed by atoms with E-state index in [1.54, 1.807) is 60.7 Å². The zero-order valence-corrected chi connectivity index (χ0v) is 21.4. The fraction of sp³-hybridized carbons (Fsp3) is 0.267. The topological polar surface area (TPSA) is 85.3 Å². The minimum Gasteiger partial charge on any atom is -0.507 e. The molecule has 0 radical (unpaired) electrons. The predicted octanol–water partition coefficient (Wildman–Crippen LogP) is 5.90. The highest BCUT2D eigenvalue weighted by atomic mass is 16.5. The van der Waals surface area contributed by atoms with Crippen LogP contribution in [-0.4, -0.2) is 36.6 Å². The summed E-state index contributed by atoms with van der Waals surface area (Å²) in [6.07, 6.45) is 0.871. The van der Waals surface area contributed by atoms with Crippen LogP contribution in [0.2, 0.25) is 0 Å². The molecule has 0 spiro atoms. The summed E-state index contributed by atoms with van der Waals surface area (Å²) in [5.41, 5.74) is 1.56. The van der Waals surface area contributed by atoms with Crippen LogP contribution in [0.15, 0.2) is 78.4 Å². The number of nitrogens with zero attached hydrogens (tertiary/aromatic N) is 1. The van der Waals surface area contributed by atoms with E-state index < -0.39 is 17.7 Å². The van der Waals surface area contributed by atoms with Crippen LogP contribution in [0.3, 0.4) is 0 Å². The summed E-state index contributed by atoms with van der Waals surface area (Å²) in [7, 11) is 1.53. The van der Waals surface area contributed by atoms with Crippen LogP contribution in [-0.2, 0) is 9.59 Å². The number of carbonyl (C=O) groups is 2. The van der Waals surface area contributed by atoms with E-state index in [2.05, 4.69) is 0 Å². The molecular formula is C30H31NO6. The summed E-state index contributed by atoms with van der Waals surface area (Å²) >= 11 is 0. The van der Waals surface area contributed by atoms with Crippen LogP contribution in [0.4, 0.5) is 5.69 Å². The highest BCUT2D eigenvalue weighted by Gasteiger charge is 2.47. The summed E-state index contributed by atoms with van der Waals surface area (Å²) in [5.74, 6) is 0.121. The van der Waals surface area contributed by atoms with E-state index in [9.17, 15) is 14.7 Å². The van der Waals surface area contributed by atoms with Crippen molar-refractivity contribution < 1.29 is 28.9 Å². The number of anilines is 1. The van der Waals surface area contributed by atoms with Crippen molar-refractivity contribution in [2.24, 2.45) is 0 Å². The van der Waals surface area contributed by atoms with Gasteiger partial charge in [-0.05, 0) is 74.4 Å². The molecule has 1 aliphatic rings. The van der Waals surface area contributed by atoms with Crippen molar-refractivity contribution in [2.75, 3.05) is 18.6 Å². The number of rotatable bonds is 9. The maximum absolute atomic E-state index is 13.4. The average Bonchev–Trinajstić information content (AvgIpc) is 3.17. The summed E-state index contributed by atoms with van der Waals surface area (Å²) in [5, 5.41) is 11.3. The summed E-state index contributed by atoms with van der Waals surface area (Å²) < 4.78 is 16.7. The highest BCUT2D eigenvalue weighted by molar-refractivity contribution is 6.51. The second-order valence-corrected chi connectivity index (χ2v) is 8.98. The van der Waals surface area contributed by atoms with Crippen molar-refractivity contribution in [1.29, 1.82) is 0 Å². The summed E-state index contributed by atoms with van der Waals surface area (Å²) in [4.78, 5) is 28.1. The number of ketones is 1. The van der Waals surface area contributed by atoms with E-state index in [1.165, 1.54) is 12.0 Å². The number of hydrogen-bond acceptors (Lipinski definition) is 6. The second-order valence-electron chi connectivity index (χ2n) is 8.98. The number of hydrogen-bond donors (Lipinski definition) is 1. The largest absolute Gasteiger partial charge is 0.507 e. The molecule has 7 nitrogen and oxygen atoms in total. The van der Waals surface area contributed by atoms with Gasteiger partial charge in [0.15, 0.2) is 0 Å². The van der Waals surface area contributed by atoms with Gasteiger partial charge in [-0.1, -0.05) is 25.1 Å². The Bertz CT molecular complexity index is 1290. The van der Waals surface area contributed by atoms with E-state index in [0.29, 0.717) is 40.7 Å². The molecule has 37 heavy (non-hydrogen) atoms. The number of methoxy groups -OCH3 is 1. The molecule has 3 aromatic carbocycles. The van der Waals surface area contributed by atoms with Crippen molar-refractivity contribution in [1.82, 2.24) is 0 Å². The molecule has 0 aromatic heterocycles. The number of ether oxygens (including phenoxy) is 3. The number of amides is 1. The average molecular weight is 502 g/mol. The maximum Gasteiger partial charge on any atom is 0.300 e. The molecule has 7 heteroatoms. The fourth-order valence-electron chi connectivity index (χ4n) is 4.26. The molecule has 1 aliphatic heterocycles. The second kappa shape index (κ2) is 11.2. The third-order valence-electron chi connectivity index (χ3n) is 5.94. The Kier molecular flexibility index (Phi) is 7.82. The molecule has 1 N–H and O–H groups in total. The van der Waals surface area contributed by atoms with Gasteiger partial charge in [0.2, 0.25) is 0 Å². The highest BCUT2D eigenvalue weighted by Crippen LogP contribution is 2.43. The van der Waals surface area contributed by atoms with Gasteiger partial charge in [0.05, 0.1) is 31.4 Å². The number of Topliss-reactive ketones (excluding diaryl/α,β-unsaturated/α-hetero) is 1. The molecule has 1 saturated heterocycles. The molecular weight excluding hydrogens is 470 g/mol. The predicted molar refractivity (Wildman–Crippen MR) is 142 cm³/mol. The molecule has 1 atom stereocenters. The molecule has 0 bridgehead atoms. The third-order valence-corrected chi connectivity index (χ3v) is 5.94. The van der Waals surface area contributed by atoms with Crippen molar-refractivity contribution in [2.45, 2.75) is 39.3 Å². The van der Waals surface area contributed by atoms with Crippen LogP contribution >= 0.6 is 0 Å². The monoisotopic (exact) mass is 501 g/mol. The molecule has 1 amide bonds. The Morgan fingerprint density at radius 2 is 1.62 bits per heavy atom. The SMILES string of the molecule is CCCOc1ccc(C2/C(=C(\O)c3ccc(OC(C)C)cc3)C(=O)C(=O)N2c2cccc(OC)c2)cc1. The molecule has 0 aliphatic carbocycles. The Morgan fingerprint density at radius 3 is 2.24 bits per heavy atom. The first-order valence-electron chi connectivity index (χ1n) is 12.3. The zero-order valence-electron chi connectivity index (χ0n) is 21.4. The lowest BCUT2D eigenvalue weighted by atomic mass is 9.95. The number of aliphatic hydroxyl groups is 1. The first-order chi connectivity index (χ1) is 17.8. The van der Waals surface area contributed by atoms with Crippen LogP contribution in [0, 0.1) is 0 Å². The quantitative estimate of drug-likeness (QED) is 0.223. The Hall–Kier alpha value is -4.26. The van der Waals surface area contributed by atoms with Crippen LogP contribution in [0.1, 0.15) is 44.4 Å². The van der Waals surface area contributed by atoms with Gasteiger partial charge in [0.25, 0.3) is 11.7 Å². The Labute approximate surface area is 216 Å². The first kappa shape index (κ1) is 25.8. The van der Waals surface area contributed by atoms with Crippen molar-refractivity contribution in [3.63, 3.8) is 0 Å². The molecule has 192 valence electrons. The van der Waals surface area contributed by atoms with Crippen LogP contribution in [0.25, 0.3) is 5.76 Å². The smallest absolute Gasteiger partial charge is 0.300 e. The van der Waals surface area contributed by atoms with Gasteiger partial charge >= 0.3 is 0 Å². The molecule has 1 unspecified atom stereocenters. The first-order valence-corrected chi connectivity index (χ1v) is 12.3. The van der Waals surface area contributed by atoms with E-state index >= 15 is 0 Å². The Balaban J connectivity index is 1.83. The van der Waals surface area contributed by atoms with Gasteiger partial charge in [-0.2, -0.15) is 0 Å².